The van der Waals surface area contributed by atoms with E-state index in [-0.39, 0.29) is 53.4 Å². The van der Waals surface area contributed by atoms with Crippen LogP contribution in [0.2, 0.25) is 5.02 Å². The fourth-order valence-electron chi connectivity index (χ4n) is 6.85. The highest BCUT2D eigenvalue weighted by molar-refractivity contribution is 6.31. The van der Waals surface area contributed by atoms with Crippen molar-refractivity contribution in [3.05, 3.63) is 40.9 Å². The van der Waals surface area contributed by atoms with E-state index in [1.807, 2.05) is 19.1 Å². The summed E-state index contributed by atoms with van der Waals surface area (Å²) in [4.78, 5) is 41.0. The number of carbonyl (C=O) groups is 3. The highest BCUT2D eigenvalue weighted by Gasteiger charge is 2.67. The van der Waals surface area contributed by atoms with Gasteiger partial charge in [0.15, 0.2) is 0 Å². The summed E-state index contributed by atoms with van der Waals surface area (Å²) in [7, 11) is 0. The minimum Gasteiger partial charge on any atom is -0.326 e. The molecule has 162 valence electrons. The van der Waals surface area contributed by atoms with Crippen LogP contribution >= 0.6 is 11.6 Å². The van der Waals surface area contributed by atoms with Crippen LogP contribution in [0.15, 0.2) is 30.4 Å². The highest BCUT2D eigenvalue weighted by atomic mass is 35.5. The molecule has 0 radical (unpaired) electrons. The molecule has 4 fully saturated rings. The van der Waals surface area contributed by atoms with Gasteiger partial charge >= 0.3 is 0 Å². The molecule has 1 aliphatic heterocycles. The third-order valence-electron chi connectivity index (χ3n) is 8.57. The molecule has 1 aromatic rings. The average molecular weight is 439 g/mol. The molecule has 1 aromatic carbocycles. The lowest BCUT2D eigenvalue weighted by Gasteiger charge is -2.37. The van der Waals surface area contributed by atoms with E-state index in [1.54, 1.807) is 11.0 Å². The molecule has 7 rings (SSSR count). The maximum Gasteiger partial charge on any atom is 0.233 e. The summed E-state index contributed by atoms with van der Waals surface area (Å²) >= 11 is 6.17. The Morgan fingerprint density at radius 2 is 1.61 bits per heavy atom. The first-order chi connectivity index (χ1) is 14.9. The number of likely N-dealkylation sites (tertiary alicyclic amines) is 1. The molecule has 0 unspecified atom stereocenters. The van der Waals surface area contributed by atoms with Crippen molar-refractivity contribution in [2.45, 2.75) is 45.1 Å². The zero-order valence-corrected chi connectivity index (χ0v) is 18.3. The number of nitrogens with one attached hydrogen (secondary N) is 1. The van der Waals surface area contributed by atoms with E-state index >= 15 is 0 Å². The minimum atomic E-state index is -0.126. The number of halogens is 1. The molecule has 1 heterocycles. The van der Waals surface area contributed by atoms with Crippen molar-refractivity contribution in [1.82, 2.24) is 4.90 Å². The number of aryl methyl sites for hydroxylation is 1. The second-order valence-corrected chi connectivity index (χ2v) is 10.6. The van der Waals surface area contributed by atoms with Crippen molar-refractivity contribution in [1.29, 1.82) is 0 Å². The molecule has 1 N–H and O–H groups in total. The Morgan fingerprint density at radius 3 is 2.19 bits per heavy atom. The van der Waals surface area contributed by atoms with Gasteiger partial charge < -0.3 is 5.32 Å². The van der Waals surface area contributed by atoms with Gasteiger partial charge in [0.05, 0.1) is 11.8 Å². The summed E-state index contributed by atoms with van der Waals surface area (Å²) in [5.41, 5.74) is 1.68. The molecule has 1 saturated heterocycles. The molecule has 5 aliphatic carbocycles. The second-order valence-electron chi connectivity index (χ2n) is 10.2. The van der Waals surface area contributed by atoms with E-state index in [4.69, 9.17) is 11.6 Å². The number of hydrogen-bond donors (Lipinski definition) is 1. The number of imide groups is 1. The van der Waals surface area contributed by atoms with Gasteiger partial charge in [-0.05, 0) is 80.4 Å². The fraction of sp³-hybridized carbons (Fsp3) is 0.560. The summed E-state index contributed by atoms with van der Waals surface area (Å²) in [5.74, 6) is 1.55. The van der Waals surface area contributed by atoms with Gasteiger partial charge in [-0.25, -0.2) is 0 Å². The Labute approximate surface area is 187 Å². The SMILES string of the molecule is Cc1ccc(NC(=O)C2CCC(N3C(=O)[C@@H]4[C@H]5C=C[C@@H]([C@@H]6C[C@@H]56)[C@H]4C3=O)CC2)cc1Cl. The van der Waals surface area contributed by atoms with Crippen LogP contribution in [0.25, 0.3) is 0 Å². The van der Waals surface area contributed by atoms with E-state index in [0.717, 1.165) is 5.56 Å². The average Bonchev–Trinajstić information content (AvgIpc) is 3.54. The molecular formula is C25H27ClN2O3. The first-order valence-corrected chi connectivity index (χ1v) is 11.9. The number of allylic oxidation sites excluding steroid dienone is 2. The fourth-order valence-corrected chi connectivity index (χ4v) is 7.03. The van der Waals surface area contributed by atoms with Crippen molar-refractivity contribution in [3.8, 4) is 0 Å². The lowest BCUT2D eigenvalue weighted by molar-refractivity contribution is -0.144. The van der Waals surface area contributed by atoms with Crippen LogP contribution in [0.4, 0.5) is 5.69 Å². The van der Waals surface area contributed by atoms with Crippen LogP contribution in [0.1, 0.15) is 37.7 Å². The van der Waals surface area contributed by atoms with E-state index in [0.29, 0.717) is 48.2 Å². The van der Waals surface area contributed by atoms with Crippen molar-refractivity contribution < 1.29 is 14.4 Å². The number of rotatable bonds is 3. The van der Waals surface area contributed by atoms with Gasteiger partial charge in [0, 0.05) is 22.7 Å². The smallest absolute Gasteiger partial charge is 0.233 e. The number of nitrogens with zero attached hydrogens (tertiary/aromatic N) is 1. The Balaban J connectivity index is 1.11. The lowest BCUT2D eigenvalue weighted by atomic mass is 9.63. The van der Waals surface area contributed by atoms with Gasteiger partial charge in [0.2, 0.25) is 17.7 Å². The molecule has 3 amide bonds. The van der Waals surface area contributed by atoms with E-state index < -0.39 is 0 Å². The molecular weight excluding hydrogens is 412 g/mol. The van der Waals surface area contributed by atoms with Crippen LogP contribution in [0, 0.1) is 48.3 Å². The van der Waals surface area contributed by atoms with E-state index in [1.165, 1.54) is 6.42 Å². The monoisotopic (exact) mass is 438 g/mol. The Morgan fingerprint density at radius 1 is 1.00 bits per heavy atom. The van der Waals surface area contributed by atoms with Gasteiger partial charge in [0.1, 0.15) is 0 Å². The van der Waals surface area contributed by atoms with Crippen LogP contribution in [0.3, 0.4) is 0 Å². The maximum absolute atomic E-state index is 13.3. The van der Waals surface area contributed by atoms with Gasteiger partial charge in [0.25, 0.3) is 0 Å². The summed E-state index contributed by atoms with van der Waals surface area (Å²) in [6, 6.07) is 5.47. The lowest BCUT2D eigenvalue weighted by Crippen LogP contribution is -2.44. The number of amides is 3. The highest BCUT2D eigenvalue weighted by Crippen LogP contribution is 2.65. The van der Waals surface area contributed by atoms with Crippen molar-refractivity contribution in [2.24, 2.45) is 41.4 Å². The molecule has 6 atom stereocenters. The quantitative estimate of drug-likeness (QED) is 0.568. The topological polar surface area (TPSA) is 66.5 Å². The van der Waals surface area contributed by atoms with Gasteiger partial charge in [-0.15, -0.1) is 0 Å². The number of hydrogen-bond acceptors (Lipinski definition) is 3. The number of anilines is 1. The molecule has 3 saturated carbocycles. The molecule has 0 spiro atoms. The number of benzene rings is 1. The summed E-state index contributed by atoms with van der Waals surface area (Å²) in [5, 5.41) is 3.61. The van der Waals surface area contributed by atoms with Crippen LogP contribution in [0.5, 0.6) is 0 Å². The molecule has 5 nitrogen and oxygen atoms in total. The largest absolute Gasteiger partial charge is 0.326 e. The zero-order chi connectivity index (χ0) is 21.4. The van der Waals surface area contributed by atoms with Crippen molar-refractivity contribution >= 4 is 35.0 Å². The standard InChI is InChI=1S/C25H27ClN2O3/c1-12-2-5-14(10-20(12)26)27-23(29)13-3-6-15(7-4-13)28-24(30)21-16-8-9-17(19-11-18(16)19)22(21)25(28)31/h2,5,8-10,13,15-19,21-22H,3-4,6-7,11H2,1H3,(H,27,29)/t13?,15?,16-,17-,18-,19-,21+,22+/m0/s1. The summed E-state index contributed by atoms with van der Waals surface area (Å²) in [6.07, 6.45) is 8.42. The van der Waals surface area contributed by atoms with Crippen LogP contribution in [-0.2, 0) is 14.4 Å². The van der Waals surface area contributed by atoms with Gasteiger partial charge in [-0.3, -0.25) is 19.3 Å². The second kappa shape index (κ2) is 6.93. The maximum atomic E-state index is 13.3. The van der Waals surface area contributed by atoms with Gasteiger partial charge in [-0.1, -0.05) is 29.8 Å². The molecule has 2 bridgehead atoms. The zero-order valence-electron chi connectivity index (χ0n) is 17.6. The number of carbonyl (C=O) groups excluding carboxylic acids is 3. The van der Waals surface area contributed by atoms with Crippen LogP contribution < -0.4 is 5.32 Å². The predicted octanol–water partition coefficient (Wildman–Crippen LogP) is 4.20. The third kappa shape index (κ3) is 2.92. The minimum absolute atomic E-state index is 0.00607. The Kier molecular flexibility index (Phi) is 4.37. The van der Waals surface area contributed by atoms with Crippen molar-refractivity contribution in [3.63, 3.8) is 0 Å². The summed E-state index contributed by atoms with van der Waals surface area (Å²) < 4.78 is 0. The third-order valence-corrected chi connectivity index (χ3v) is 8.98. The normalized spacial score (nSPS) is 40.0. The Bertz CT molecular complexity index is 976. The van der Waals surface area contributed by atoms with E-state index in [2.05, 4.69) is 17.5 Å². The Hall–Kier alpha value is -2.14. The van der Waals surface area contributed by atoms with Gasteiger partial charge in [-0.2, -0.15) is 0 Å². The first kappa shape index (κ1) is 19.5. The first-order valence-electron chi connectivity index (χ1n) is 11.6. The molecule has 0 aromatic heterocycles. The summed E-state index contributed by atoms with van der Waals surface area (Å²) in [6.45, 7) is 1.93. The molecule has 31 heavy (non-hydrogen) atoms. The van der Waals surface area contributed by atoms with E-state index in [9.17, 15) is 14.4 Å². The molecule has 6 aliphatic rings. The predicted molar refractivity (Wildman–Crippen MR) is 117 cm³/mol. The van der Waals surface area contributed by atoms with Crippen LogP contribution in [-0.4, -0.2) is 28.7 Å². The van der Waals surface area contributed by atoms with Crippen molar-refractivity contribution in [2.75, 3.05) is 5.32 Å². The molecule has 6 heteroatoms.